The molecule has 14 nitrogen and oxygen atoms in total. The van der Waals surface area contributed by atoms with Crippen molar-refractivity contribution in [1.82, 2.24) is 48.4 Å². The van der Waals surface area contributed by atoms with E-state index in [9.17, 15) is 13.2 Å². The molecular weight excluding hydrogens is 651 g/mol. The van der Waals surface area contributed by atoms with Gasteiger partial charge in [0.2, 0.25) is 23.7 Å². The lowest BCUT2D eigenvalue weighted by atomic mass is 10.2. The van der Waals surface area contributed by atoms with Crippen LogP contribution < -0.4 is 14.9 Å². The minimum absolute atomic E-state index is 0.149. The summed E-state index contributed by atoms with van der Waals surface area (Å²) in [6, 6.07) is 7.61. The van der Waals surface area contributed by atoms with E-state index in [2.05, 4.69) is 4.74 Å². The maximum absolute atomic E-state index is 13.0. The van der Waals surface area contributed by atoms with Crippen LogP contribution in [-0.2, 0) is 6.54 Å². The van der Waals surface area contributed by atoms with Crippen LogP contribution in [0.15, 0.2) is 45.3 Å². The lowest BCUT2D eigenvalue weighted by Gasteiger charge is -2.25. The number of halogens is 3. The van der Waals surface area contributed by atoms with E-state index in [0.29, 0.717) is 52.1 Å². The molecule has 1 heterocycles. The molecule has 1 aromatic carbocycles. The predicted octanol–water partition coefficient (Wildman–Crippen LogP) is 2.21. The largest absolute Gasteiger partial charge is 0.573 e. The van der Waals surface area contributed by atoms with Crippen molar-refractivity contribution >= 4 is 41.0 Å². The van der Waals surface area contributed by atoms with Crippen molar-refractivity contribution in [3.05, 3.63) is 41.4 Å². The van der Waals surface area contributed by atoms with Gasteiger partial charge >= 0.3 is 17.8 Å². The van der Waals surface area contributed by atoms with Crippen LogP contribution in [0.2, 0.25) is 0 Å². The van der Waals surface area contributed by atoms with Crippen molar-refractivity contribution in [3.63, 3.8) is 0 Å². The van der Waals surface area contributed by atoms with Gasteiger partial charge < -0.3 is 34.1 Å². The molecule has 17 heteroatoms. The zero-order chi connectivity index (χ0) is 38.2. The Morgan fingerprint density at radius 3 is 1.38 bits per heavy atom. The number of alkyl halides is 3. The van der Waals surface area contributed by atoms with Gasteiger partial charge in [0.15, 0.2) is 5.69 Å². The number of hydrogen-bond acceptors (Lipinski definition) is 4. The molecule has 278 valence electrons. The summed E-state index contributed by atoms with van der Waals surface area (Å²) < 4.78 is 50.3. The van der Waals surface area contributed by atoms with Gasteiger partial charge in [0.05, 0.1) is 6.54 Å². The van der Waals surface area contributed by atoms with Crippen LogP contribution in [0.3, 0.4) is 0 Å². The van der Waals surface area contributed by atoms with Crippen LogP contribution in [0.25, 0.3) is 0 Å². The van der Waals surface area contributed by atoms with E-state index < -0.39 is 6.36 Å². The number of hydrogen-bond donors (Lipinski definition) is 0. The Kier molecular flexibility index (Phi) is 14.0. The van der Waals surface area contributed by atoms with Gasteiger partial charge in [0, 0.05) is 119 Å². The lowest BCUT2D eigenvalue weighted by molar-refractivity contribution is -0.274. The predicted molar refractivity (Wildman–Crippen MR) is 198 cm³/mol. The maximum atomic E-state index is 13.0. The van der Waals surface area contributed by atoms with E-state index in [0.717, 1.165) is 0 Å². The minimum Gasteiger partial charge on any atom is -0.406 e. The van der Waals surface area contributed by atoms with Crippen molar-refractivity contribution in [2.45, 2.75) is 12.9 Å². The van der Waals surface area contributed by atoms with Crippen molar-refractivity contribution in [1.29, 1.82) is 0 Å². The minimum atomic E-state index is -4.81. The highest BCUT2D eigenvalue weighted by Crippen LogP contribution is 2.32. The van der Waals surface area contributed by atoms with E-state index in [1.807, 2.05) is 163 Å². The number of nitrogens with zero attached hydrogens (tertiary/aromatic N) is 13. The second-order valence-electron chi connectivity index (χ2n) is 13.1. The molecule has 0 aliphatic carbocycles. The van der Waals surface area contributed by atoms with Gasteiger partial charge in [0.1, 0.15) is 11.4 Å². The average molecular weight is 707 g/mol. The Morgan fingerprint density at radius 1 is 0.600 bits per heavy atom. The fourth-order valence-corrected chi connectivity index (χ4v) is 4.97. The number of aliphatic imine (C=N–C) groups is 3. The lowest BCUT2D eigenvalue weighted by Crippen LogP contribution is -2.41. The molecule has 1 aromatic heterocycles. The Hall–Kier alpha value is -5.05. The van der Waals surface area contributed by atoms with Crippen molar-refractivity contribution in [2.24, 2.45) is 15.0 Å². The summed E-state index contributed by atoms with van der Waals surface area (Å²) >= 11 is 0. The summed E-state index contributed by atoms with van der Waals surface area (Å²) in [4.78, 5) is 30.6. The summed E-state index contributed by atoms with van der Waals surface area (Å²) in [5, 5.41) is 0. The van der Waals surface area contributed by atoms with Crippen LogP contribution in [0, 0.1) is 0 Å². The molecule has 0 aliphatic heterocycles. The first-order valence-electron chi connectivity index (χ1n) is 15.7. The maximum Gasteiger partial charge on any atom is 0.573 e. The molecule has 0 amide bonds. The molecule has 2 aromatic rings. The average Bonchev–Trinajstić information content (AvgIpc) is 2.96. The fraction of sp³-hybridized carbons (Fsp3) is 0.545. The van der Waals surface area contributed by atoms with Gasteiger partial charge in [-0.3, -0.25) is 9.80 Å². The number of pyridine rings is 1. The quantitative estimate of drug-likeness (QED) is 0.255. The zero-order valence-electron chi connectivity index (χ0n) is 32.4. The van der Waals surface area contributed by atoms with E-state index in [1.54, 1.807) is 12.1 Å². The summed E-state index contributed by atoms with van der Waals surface area (Å²) in [5.74, 6) is 2.66. The van der Waals surface area contributed by atoms with Gasteiger partial charge in [-0.05, 0) is 17.7 Å². The second kappa shape index (κ2) is 17.1. The number of ether oxygens (including phenoxy) is 1. The molecule has 0 unspecified atom stereocenters. The molecule has 0 aliphatic rings. The highest BCUT2D eigenvalue weighted by Gasteiger charge is 2.31. The topological polar surface area (TPSA) is 91.3 Å². The smallest absolute Gasteiger partial charge is 0.406 e. The SMILES string of the molecule is CN(C)C(=Nc1cc(N=C(N(C)C)N(C)C)c(=[N+]=C(N(C)C)N(C)C)n(Cc2ccc(OC(F)(F)F)cc2)c1N=C(N(C)C)N(C)C)N(C)C. The van der Waals surface area contributed by atoms with Crippen molar-refractivity contribution < 1.29 is 17.9 Å². The first-order valence-corrected chi connectivity index (χ1v) is 15.7. The molecule has 0 saturated heterocycles. The fourth-order valence-electron chi connectivity index (χ4n) is 4.97. The van der Waals surface area contributed by atoms with Crippen molar-refractivity contribution in [3.8, 4) is 5.75 Å². The van der Waals surface area contributed by atoms with Crippen LogP contribution in [-0.4, -0.2) is 187 Å². The molecule has 0 saturated carbocycles. The first kappa shape index (κ1) is 41.1. The van der Waals surface area contributed by atoms with Gasteiger partial charge in [-0.15, -0.1) is 13.2 Å². The van der Waals surface area contributed by atoms with Crippen molar-refractivity contribution in [2.75, 3.05) is 113 Å². The van der Waals surface area contributed by atoms with Crippen LogP contribution in [0.5, 0.6) is 5.75 Å². The number of benzene rings is 1. The molecule has 2 rings (SSSR count). The molecule has 0 radical (unpaired) electrons. The highest BCUT2D eigenvalue weighted by molar-refractivity contribution is 5.88. The summed E-state index contributed by atoms with van der Waals surface area (Å²) in [6.07, 6.45) is -4.81. The van der Waals surface area contributed by atoms with Gasteiger partial charge in [-0.2, -0.15) is 4.99 Å². The van der Waals surface area contributed by atoms with Crippen LogP contribution in [0.4, 0.5) is 30.4 Å². The first-order chi connectivity index (χ1) is 23.0. The Morgan fingerprint density at radius 2 is 1.00 bits per heavy atom. The van der Waals surface area contributed by atoms with E-state index >= 15 is 0 Å². The van der Waals surface area contributed by atoms with Gasteiger partial charge in [0.25, 0.3) is 0 Å². The van der Waals surface area contributed by atoms with Crippen LogP contribution >= 0.6 is 0 Å². The Labute approximate surface area is 295 Å². The Bertz CT molecular complexity index is 1600. The number of guanidine groups is 4. The standard InChI is InChI=1S/C33H55F3N13O/c1-41(2)29(42(3)4)37-25-21-26(38-30(43(5)6)44(7)8)28(40-32(47(13)14)48(15)16)49(27(25)39-31(45(9)10)46(11)12)22-23-17-19-24(20-18-23)50-33(34,35)36/h17-21H,22H2,1-16H3/q+1. The third-order valence-corrected chi connectivity index (χ3v) is 6.79. The molecular formula is C33H55F3N13O+. The molecule has 50 heavy (non-hydrogen) atoms. The normalized spacial score (nSPS) is 10.7. The molecule has 0 fully saturated rings. The van der Waals surface area contributed by atoms with E-state index in [4.69, 9.17) is 19.6 Å². The number of aromatic nitrogens is 1. The number of rotatable bonds is 6. The summed E-state index contributed by atoms with van der Waals surface area (Å²) in [7, 11) is 30.4. The summed E-state index contributed by atoms with van der Waals surface area (Å²) in [5.41, 5.74) is 2.10. The molecule has 0 atom stereocenters. The second-order valence-corrected chi connectivity index (χ2v) is 13.1. The zero-order valence-corrected chi connectivity index (χ0v) is 32.4. The summed E-state index contributed by atoms with van der Waals surface area (Å²) in [6.45, 7) is 0.149. The molecule has 0 spiro atoms. The van der Waals surface area contributed by atoms with Gasteiger partial charge in [-0.1, -0.05) is 12.1 Å². The van der Waals surface area contributed by atoms with E-state index in [-0.39, 0.29) is 12.3 Å². The Balaban J connectivity index is 3.47. The van der Waals surface area contributed by atoms with Crippen LogP contribution in [0.1, 0.15) is 5.56 Å². The van der Waals surface area contributed by atoms with E-state index in [1.165, 1.54) is 12.1 Å². The third kappa shape index (κ3) is 11.3. The third-order valence-electron chi connectivity index (χ3n) is 6.79. The highest BCUT2D eigenvalue weighted by atomic mass is 19.4. The molecule has 0 N–H and O–H groups in total. The van der Waals surface area contributed by atoms with Gasteiger partial charge in [-0.25, -0.2) is 19.2 Å². The monoisotopic (exact) mass is 706 g/mol. The molecule has 0 bridgehead atoms.